The summed E-state index contributed by atoms with van der Waals surface area (Å²) in [6.07, 6.45) is 0. The van der Waals surface area contributed by atoms with E-state index in [9.17, 15) is 4.79 Å². The third kappa shape index (κ3) is 2.78. The molecule has 3 nitrogen and oxygen atoms in total. The van der Waals surface area contributed by atoms with Crippen molar-refractivity contribution in [2.24, 2.45) is 0 Å². The van der Waals surface area contributed by atoms with Gasteiger partial charge in [0.1, 0.15) is 11.3 Å². The highest BCUT2D eigenvalue weighted by Gasteiger charge is 2.14. The Morgan fingerprint density at radius 1 is 0.950 bits per heavy atom. The molecular weight excluding hydrogens is 388 g/mol. The Morgan fingerprint density at radius 3 is 2.40 bits per heavy atom. The number of carbonyl (C=O) groups excluding carboxylic acids is 1. The highest BCUT2D eigenvalue weighted by molar-refractivity contribution is 9.10. The van der Waals surface area contributed by atoms with Gasteiger partial charge in [-0.05, 0) is 48.5 Å². The van der Waals surface area contributed by atoms with E-state index in [0.717, 1.165) is 14.3 Å². The zero-order valence-electron chi connectivity index (χ0n) is 10.1. The summed E-state index contributed by atoms with van der Waals surface area (Å²) in [6, 6.07) is 14.2. The molecule has 0 bridgehead atoms. The molecule has 0 atom stereocenters. The van der Waals surface area contributed by atoms with Crippen LogP contribution in [0.2, 0.25) is 0 Å². The molecule has 2 aromatic carbocycles. The molecule has 0 saturated heterocycles. The van der Waals surface area contributed by atoms with Crippen molar-refractivity contribution in [1.82, 2.24) is 0 Å². The molecule has 3 aromatic rings. The van der Waals surface area contributed by atoms with E-state index in [2.05, 4.69) is 31.9 Å². The van der Waals surface area contributed by atoms with E-state index in [1.807, 2.05) is 12.1 Å². The number of furan rings is 1. The van der Waals surface area contributed by atoms with Crippen LogP contribution in [-0.2, 0) is 0 Å². The molecule has 1 heterocycles. The van der Waals surface area contributed by atoms with E-state index in [-0.39, 0.29) is 5.76 Å². The predicted molar refractivity (Wildman–Crippen MR) is 83.0 cm³/mol. The van der Waals surface area contributed by atoms with Crippen LogP contribution in [0.25, 0.3) is 11.0 Å². The summed E-state index contributed by atoms with van der Waals surface area (Å²) < 4.78 is 12.6. The second-order valence-corrected chi connectivity index (χ2v) is 5.97. The van der Waals surface area contributed by atoms with Gasteiger partial charge in [-0.2, -0.15) is 0 Å². The third-order valence-electron chi connectivity index (χ3n) is 2.70. The molecule has 0 spiro atoms. The maximum Gasteiger partial charge on any atom is 0.379 e. The van der Waals surface area contributed by atoms with Gasteiger partial charge in [0.15, 0.2) is 0 Å². The van der Waals surface area contributed by atoms with Gasteiger partial charge in [0.2, 0.25) is 5.76 Å². The van der Waals surface area contributed by atoms with Crippen molar-refractivity contribution in [1.29, 1.82) is 0 Å². The van der Waals surface area contributed by atoms with Crippen molar-refractivity contribution in [2.75, 3.05) is 0 Å². The summed E-state index contributed by atoms with van der Waals surface area (Å²) >= 11 is 6.70. The maximum absolute atomic E-state index is 12.0. The van der Waals surface area contributed by atoms with E-state index < -0.39 is 5.97 Å². The topological polar surface area (TPSA) is 39.4 Å². The first kappa shape index (κ1) is 13.4. The van der Waals surface area contributed by atoms with E-state index in [0.29, 0.717) is 11.3 Å². The van der Waals surface area contributed by atoms with E-state index in [1.165, 1.54) is 0 Å². The van der Waals surface area contributed by atoms with Crippen molar-refractivity contribution in [3.05, 3.63) is 63.2 Å². The zero-order valence-corrected chi connectivity index (χ0v) is 13.3. The Morgan fingerprint density at radius 2 is 1.65 bits per heavy atom. The Hall–Kier alpha value is -1.59. The van der Waals surface area contributed by atoms with E-state index in [4.69, 9.17) is 9.15 Å². The minimum absolute atomic E-state index is 0.181. The lowest BCUT2D eigenvalue weighted by molar-refractivity contribution is 0.0704. The fraction of sp³-hybridized carbons (Fsp3) is 0. The van der Waals surface area contributed by atoms with Gasteiger partial charge in [0.25, 0.3) is 0 Å². The Kier molecular flexibility index (Phi) is 3.63. The van der Waals surface area contributed by atoms with Crippen molar-refractivity contribution in [3.63, 3.8) is 0 Å². The number of carbonyl (C=O) groups is 1. The minimum Gasteiger partial charge on any atom is -0.449 e. The quantitative estimate of drug-likeness (QED) is 0.443. The zero-order chi connectivity index (χ0) is 14.1. The minimum atomic E-state index is -0.514. The molecule has 0 amide bonds. The summed E-state index contributed by atoms with van der Waals surface area (Å²) in [5, 5.41) is 0.849. The number of esters is 1. The lowest BCUT2D eigenvalue weighted by Gasteiger charge is -2.01. The summed E-state index contributed by atoms with van der Waals surface area (Å²) in [4.78, 5) is 12.0. The van der Waals surface area contributed by atoms with Gasteiger partial charge in [0.05, 0.1) is 0 Å². The van der Waals surface area contributed by atoms with E-state index in [1.54, 1.807) is 36.4 Å². The van der Waals surface area contributed by atoms with Crippen LogP contribution in [0.5, 0.6) is 5.75 Å². The lowest BCUT2D eigenvalue weighted by Crippen LogP contribution is -2.06. The summed E-state index contributed by atoms with van der Waals surface area (Å²) in [5.74, 6) is 0.139. The second-order valence-electron chi connectivity index (χ2n) is 4.14. The van der Waals surface area contributed by atoms with Gasteiger partial charge in [-0.25, -0.2) is 4.79 Å². The fourth-order valence-corrected chi connectivity index (χ4v) is 2.42. The molecular formula is C15H8Br2O3. The number of rotatable bonds is 2. The van der Waals surface area contributed by atoms with Crippen LogP contribution in [0.15, 0.2) is 61.9 Å². The SMILES string of the molecule is O=C(Oc1ccc(Br)cc1)c1cc2cc(Br)ccc2o1. The highest BCUT2D eigenvalue weighted by atomic mass is 79.9. The first-order valence-corrected chi connectivity index (χ1v) is 7.37. The normalized spacial score (nSPS) is 10.7. The average molecular weight is 396 g/mol. The van der Waals surface area contributed by atoms with Gasteiger partial charge in [-0.3, -0.25) is 0 Å². The molecule has 0 fully saturated rings. The lowest BCUT2D eigenvalue weighted by atomic mass is 10.2. The van der Waals surface area contributed by atoms with Crippen LogP contribution in [-0.4, -0.2) is 5.97 Å². The summed E-state index contributed by atoms with van der Waals surface area (Å²) in [6.45, 7) is 0. The largest absolute Gasteiger partial charge is 0.449 e. The number of hydrogen-bond acceptors (Lipinski definition) is 3. The molecule has 0 unspecified atom stereocenters. The van der Waals surface area contributed by atoms with Crippen LogP contribution < -0.4 is 4.74 Å². The van der Waals surface area contributed by atoms with Crippen LogP contribution in [0.4, 0.5) is 0 Å². The molecule has 0 saturated carbocycles. The highest BCUT2D eigenvalue weighted by Crippen LogP contribution is 2.24. The molecule has 0 aliphatic heterocycles. The number of benzene rings is 2. The smallest absolute Gasteiger partial charge is 0.379 e. The second kappa shape index (κ2) is 5.42. The predicted octanol–water partition coefficient (Wildman–Crippen LogP) is 5.18. The van der Waals surface area contributed by atoms with Crippen molar-refractivity contribution in [3.8, 4) is 5.75 Å². The van der Waals surface area contributed by atoms with Gasteiger partial charge < -0.3 is 9.15 Å². The standard InChI is InChI=1S/C15H8Br2O3/c16-10-1-4-12(5-2-10)19-15(18)14-8-9-7-11(17)3-6-13(9)20-14/h1-8H. The molecule has 20 heavy (non-hydrogen) atoms. The van der Waals surface area contributed by atoms with Crippen LogP contribution in [0.3, 0.4) is 0 Å². The van der Waals surface area contributed by atoms with Crippen molar-refractivity contribution < 1.29 is 13.9 Å². The molecule has 0 radical (unpaired) electrons. The first-order chi connectivity index (χ1) is 9.61. The molecule has 5 heteroatoms. The van der Waals surface area contributed by atoms with Crippen molar-refractivity contribution >= 4 is 48.8 Å². The maximum atomic E-state index is 12.0. The number of halogens is 2. The fourth-order valence-electron chi connectivity index (χ4n) is 1.77. The molecule has 0 aliphatic carbocycles. The molecule has 0 aliphatic rings. The van der Waals surface area contributed by atoms with Crippen molar-refractivity contribution in [2.45, 2.75) is 0 Å². The average Bonchev–Trinajstić information content (AvgIpc) is 2.84. The molecule has 100 valence electrons. The van der Waals surface area contributed by atoms with Crippen LogP contribution in [0.1, 0.15) is 10.6 Å². The monoisotopic (exact) mass is 394 g/mol. The van der Waals surface area contributed by atoms with Gasteiger partial charge in [-0.1, -0.05) is 31.9 Å². The number of hydrogen-bond donors (Lipinski definition) is 0. The number of fused-ring (bicyclic) bond motifs is 1. The van der Waals surface area contributed by atoms with Crippen LogP contribution >= 0.6 is 31.9 Å². The summed E-state index contributed by atoms with van der Waals surface area (Å²) in [7, 11) is 0. The number of ether oxygens (including phenoxy) is 1. The van der Waals surface area contributed by atoms with Gasteiger partial charge in [0, 0.05) is 14.3 Å². The Labute approximate surface area is 131 Å². The Bertz CT molecular complexity index is 775. The molecule has 0 N–H and O–H groups in total. The first-order valence-electron chi connectivity index (χ1n) is 5.79. The molecule has 1 aromatic heterocycles. The molecule has 3 rings (SSSR count). The third-order valence-corrected chi connectivity index (χ3v) is 3.73. The van der Waals surface area contributed by atoms with E-state index >= 15 is 0 Å². The van der Waals surface area contributed by atoms with Crippen LogP contribution in [0, 0.1) is 0 Å². The van der Waals surface area contributed by atoms with Gasteiger partial charge in [-0.15, -0.1) is 0 Å². The summed E-state index contributed by atoms with van der Waals surface area (Å²) in [5.41, 5.74) is 0.649. The Balaban J connectivity index is 1.86. The van der Waals surface area contributed by atoms with Gasteiger partial charge >= 0.3 is 5.97 Å².